The van der Waals surface area contributed by atoms with Crippen molar-refractivity contribution in [3.05, 3.63) is 59.7 Å². The molecule has 0 aliphatic carbocycles. The molecule has 1 amide bonds. The van der Waals surface area contributed by atoms with E-state index in [4.69, 9.17) is 0 Å². The molecule has 0 saturated carbocycles. The molecule has 8 heteroatoms. The van der Waals surface area contributed by atoms with Gasteiger partial charge in [0.2, 0.25) is 0 Å². The van der Waals surface area contributed by atoms with Gasteiger partial charge in [-0.1, -0.05) is 24.3 Å². The van der Waals surface area contributed by atoms with Crippen molar-refractivity contribution in [3.8, 4) is 11.5 Å². The number of para-hydroxylation sites is 1. The first-order valence-electron chi connectivity index (χ1n) is 8.77. The second-order valence-electron chi connectivity index (χ2n) is 6.74. The average Bonchev–Trinajstić information content (AvgIpc) is 3.11. The smallest absolute Gasteiger partial charge is 0.461 e. The summed E-state index contributed by atoms with van der Waals surface area (Å²) >= 11 is 0. The van der Waals surface area contributed by atoms with Crippen molar-refractivity contribution in [3.63, 3.8) is 0 Å². The molecule has 1 atom stereocenters. The standard InChI is InChI=1S/C20H19F4NO3/c21-19(22)20(23,24)28-17-4-2-1-3-16(17)18(27)25-10-9-14(12-25)11-13-5-7-15(26)8-6-13/h1-8,14,19,26H,9-12H2. The minimum Gasteiger partial charge on any atom is -0.508 e. The fraction of sp³-hybridized carbons (Fsp3) is 0.350. The Bertz CT molecular complexity index is 826. The third kappa shape index (κ3) is 4.55. The quantitative estimate of drug-likeness (QED) is 0.738. The number of ether oxygens (including phenoxy) is 1. The Balaban J connectivity index is 1.69. The first-order chi connectivity index (χ1) is 13.3. The molecule has 4 nitrogen and oxygen atoms in total. The van der Waals surface area contributed by atoms with Gasteiger partial charge in [0, 0.05) is 13.1 Å². The van der Waals surface area contributed by atoms with Gasteiger partial charge in [0.25, 0.3) is 5.91 Å². The van der Waals surface area contributed by atoms with E-state index in [1.165, 1.54) is 23.1 Å². The number of hydrogen-bond donors (Lipinski definition) is 1. The van der Waals surface area contributed by atoms with Gasteiger partial charge in [-0.2, -0.15) is 17.6 Å². The van der Waals surface area contributed by atoms with Crippen LogP contribution in [0.4, 0.5) is 17.6 Å². The van der Waals surface area contributed by atoms with E-state index < -0.39 is 24.2 Å². The van der Waals surface area contributed by atoms with E-state index in [0.717, 1.165) is 18.1 Å². The number of carbonyl (C=O) groups is 1. The lowest BCUT2D eigenvalue weighted by Gasteiger charge is -2.21. The summed E-state index contributed by atoms with van der Waals surface area (Å²) in [6.45, 7) is 0.848. The van der Waals surface area contributed by atoms with Crippen molar-refractivity contribution < 1.29 is 32.2 Å². The average molecular weight is 397 g/mol. The van der Waals surface area contributed by atoms with Crippen molar-refractivity contribution in [2.45, 2.75) is 25.4 Å². The van der Waals surface area contributed by atoms with Crippen LogP contribution in [0.1, 0.15) is 22.3 Å². The summed E-state index contributed by atoms with van der Waals surface area (Å²) in [6, 6.07) is 11.9. The van der Waals surface area contributed by atoms with Gasteiger partial charge in [-0.3, -0.25) is 4.79 Å². The zero-order valence-electron chi connectivity index (χ0n) is 14.8. The molecule has 28 heavy (non-hydrogen) atoms. The van der Waals surface area contributed by atoms with Crippen LogP contribution in [-0.4, -0.2) is 41.5 Å². The maximum absolute atomic E-state index is 13.3. The number of phenols is 1. The Labute approximate surface area is 159 Å². The summed E-state index contributed by atoms with van der Waals surface area (Å²) in [5.41, 5.74) is 0.838. The maximum Gasteiger partial charge on any atom is 0.461 e. The van der Waals surface area contributed by atoms with Crippen LogP contribution in [-0.2, 0) is 6.42 Å². The minimum atomic E-state index is -4.68. The molecule has 1 saturated heterocycles. The molecule has 1 N–H and O–H groups in total. The summed E-state index contributed by atoms with van der Waals surface area (Å²) in [5, 5.41) is 9.33. The Hall–Kier alpha value is -2.77. The lowest BCUT2D eigenvalue weighted by Crippen LogP contribution is -2.35. The van der Waals surface area contributed by atoms with Crippen LogP contribution in [0.3, 0.4) is 0 Å². The van der Waals surface area contributed by atoms with Crippen molar-refractivity contribution in [1.82, 2.24) is 4.90 Å². The summed E-state index contributed by atoms with van der Waals surface area (Å²) in [7, 11) is 0. The highest BCUT2D eigenvalue weighted by Crippen LogP contribution is 2.31. The van der Waals surface area contributed by atoms with Crippen molar-refractivity contribution in [2.75, 3.05) is 13.1 Å². The number of likely N-dealkylation sites (tertiary alicyclic amines) is 1. The Morgan fingerprint density at radius 1 is 1.18 bits per heavy atom. The molecule has 1 aliphatic heterocycles. The van der Waals surface area contributed by atoms with E-state index in [2.05, 4.69) is 4.74 Å². The van der Waals surface area contributed by atoms with Gasteiger partial charge in [0.05, 0.1) is 5.56 Å². The number of nitrogens with zero attached hydrogens (tertiary/aromatic N) is 1. The third-order valence-corrected chi connectivity index (χ3v) is 4.65. The third-order valence-electron chi connectivity index (χ3n) is 4.65. The number of amides is 1. The Kier molecular flexibility index (Phi) is 5.76. The maximum atomic E-state index is 13.3. The number of alkyl halides is 4. The molecule has 150 valence electrons. The fourth-order valence-corrected chi connectivity index (χ4v) is 3.24. The fourth-order valence-electron chi connectivity index (χ4n) is 3.24. The zero-order valence-corrected chi connectivity index (χ0v) is 14.8. The molecule has 3 rings (SSSR count). The topological polar surface area (TPSA) is 49.8 Å². The molecule has 1 heterocycles. The lowest BCUT2D eigenvalue weighted by molar-refractivity contribution is -0.253. The number of halogens is 4. The van der Waals surface area contributed by atoms with Crippen LogP contribution in [0, 0.1) is 5.92 Å². The molecule has 1 unspecified atom stereocenters. The lowest BCUT2D eigenvalue weighted by atomic mass is 9.99. The first-order valence-corrected chi connectivity index (χ1v) is 8.77. The molecule has 0 bridgehead atoms. The van der Waals surface area contributed by atoms with Crippen LogP contribution < -0.4 is 4.74 Å². The van der Waals surface area contributed by atoms with E-state index in [1.54, 1.807) is 24.3 Å². The Morgan fingerprint density at radius 2 is 1.86 bits per heavy atom. The van der Waals surface area contributed by atoms with E-state index in [0.29, 0.717) is 19.5 Å². The minimum absolute atomic E-state index is 0.170. The van der Waals surface area contributed by atoms with E-state index >= 15 is 0 Å². The summed E-state index contributed by atoms with van der Waals surface area (Å²) in [4.78, 5) is 14.3. The number of phenolic OH excluding ortho intramolecular Hbond substituents is 1. The summed E-state index contributed by atoms with van der Waals surface area (Å²) in [5.74, 6) is -0.762. The van der Waals surface area contributed by atoms with Gasteiger partial charge in [0.1, 0.15) is 11.5 Å². The van der Waals surface area contributed by atoms with Gasteiger partial charge in [-0.05, 0) is 48.6 Å². The van der Waals surface area contributed by atoms with E-state index in [-0.39, 0.29) is 17.2 Å². The molecule has 0 spiro atoms. The van der Waals surface area contributed by atoms with Gasteiger partial charge in [-0.15, -0.1) is 0 Å². The number of aromatic hydroxyl groups is 1. The molecular formula is C20H19F4NO3. The zero-order chi connectivity index (χ0) is 20.3. The van der Waals surface area contributed by atoms with Crippen LogP contribution >= 0.6 is 0 Å². The van der Waals surface area contributed by atoms with Gasteiger partial charge >= 0.3 is 12.5 Å². The molecule has 2 aromatic carbocycles. The summed E-state index contributed by atoms with van der Waals surface area (Å²) in [6.07, 6.45) is -7.26. The molecule has 1 fully saturated rings. The highest BCUT2D eigenvalue weighted by atomic mass is 19.3. The van der Waals surface area contributed by atoms with Crippen LogP contribution in [0.2, 0.25) is 0 Å². The van der Waals surface area contributed by atoms with Crippen molar-refractivity contribution >= 4 is 5.91 Å². The van der Waals surface area contributed by atoms with Gasteiger partial charge in [-0.25, -0.2) is 0 Å². The molecule has 0 aromatic heterocycles. The molecular weight excluding hydrogens is 378 g/mol. The SMILES string of the molecule is O=C(c1ccccc1OC(F)(F)C(F)F)N1CCC(Cc2ccc(O)cc2)C1. The largest absolute Gasteiger partial charge is 0.508 e. The van der Waals surface area contributed by atoms with Crippen LogP contribution in [0.25, 0.3) is 0 Å². The van der Waals surface area contributed by atoms with E-state index in [1.807, 2.05) is 0 Å². The monoisotopic (exact) mass is 397 g/mol. The van der Waals surface area contributed by atoms with Gasteiger partial charge in [0.15, 0.2) is 0 Å². The molecule has 1 aliphatic rings. The van der Waals surface area contributed by atoms with Crippen molar-refractivity contribution in [1.29, 1.82) is 0 Å². The second-order valence-corrected chi connectivity index (χ2v) is 6.74. The van der Waals surface area contributed by atoms with Gasteiger partial charge < -0.3 is 14.7 Å². The summed E-state index contributed by atoms with van der Waals surface area (Å²) < 4.78 is 55.6. The molecule has 0 radical (unpaired) electrons. The number of carbonyl (C=O) groups excluding carboxylic acids is 1. The van der Waals surface area contributed by atoms with Crippen LogP contribution in [0.5, 0.6) is 11.5 Å². The Morgan fingerprint density at radius 3 is 2.54 bits per heavy atom. The first kappa shape index (κ1) is 20.0. The number of rotatable bonds is 6. The highest BCUT2D eigenvalue weighted by Gasteiger charge is 2.44. The van der Waals surface area contributed by atoms with Crippen molar-refractivity contribution in [2.24, 2.45) is 5.92 Å². The van der Waals surface area contributed by atoms with Crippen LogP contribution in [0.15, 0.2) is 48.5 Å². The normalized spacial score (nSPS) is 17.2. The van der Waals surface area contributed by atoms with E-state index in [9.17, 15) is 27.5 Å². The second kappa shape index (κ2) is 8.08. The number of hydrogen-bond acceptors (Lipinski definition) is 3. The number of benzene rings is 2. The predicted molar refractivity (Wildman–Crippen MR) is 93.8 cm³/mol. The predicted octanol–water partition coefficient (Wildman–Crippen LogP) is 4.33. The molecule has 2 aromatic rings. The highest BCUT2D eigenvalue weighted by molar-refractivity contribution is 5.97.